The highest BCUT2D eigenvalue weighted by Crippen LogP contribution is 2.36. The van der Waals surface area contributed by atoms with Gasteiger partial charge in [-0.15, -0.1) is 11.3 Å². The molecule has 0 radical (unpaired) electrons. The summed E-state index contributed by atoms with van der Waals surface area (Å²) in [5.41, 5.74) is 6.46. The maximum atomic E-state index is 11.7. The van der Waals surface area contributed by atoms with E-state index in [0.29, 0.717) is 0 Å². The lowest BCUT2D eigenvalue weighted by Gasteiger charge is -2.01. The minimum atomic E-state index is 0.0609. The van der Waals surface area contributed by atoms with Gasteiger partial charge in [0.25, 0.3) is 0 Å². The van der Waals surface area contributed by atoms with Crippen LogP contribution in [0.4, 0.5) is 0 Å². The second-order valence-corrected chi connectivity index (χ2v) is 8.57. The highest BCUT2D eigenvalue weighted by molar-refractivity contribution is 7.17. The number of rotatable bonds is 4. The van der Waals surface area contributed by atoms with Crippen molar-refractivity contribution in [3.8, 4) is 33.1 Å². The van der Waals surface area contributed by atoms with E-state index in [2.05, 4.69) is 42.3 Å². The van der Waals surface area contributed by atoms with E-state index in [4.69, 9.17) is 0 Å². The Kier molecular flexibility index (Phi) is 4.19. The molecule has 0 aliphatic heterocycles. The number of ketones is 1. The molecule has 7 nitrogen and oxygen atoms in total. The van der Waals surface area contributed by atoms with E-state index in [1.165, 1.54) is 17.7 Å². The normalized spacial score (nSPS) is 11.4. The summed E-state index contributed by atoms with van der Waals surface area (Å²) in [6.45, 7) is 1.58. The monoisotopic (exact) mass is 436 g/mol. The maximum absolute atomic E-state index is 11.7. The van der Waals surface area contributed by atoms with Crippen LogP contribution in [-0.2, 0) is 0 Å². The fourth-order valence-electron chi connectivity index (χ4n) is 3.88. The van der Waals surface area contributed by atoms with E-state index in [1.807, 2.05) is 30.3 Å². The lowest BCUT2D eigenvalue weighted by Crippen LogP contribution is -1.83. The highest BCUT2D eigenvalue weighted by atomic mass is 32.1. The van der Waals surface area contributed by atoms with Crippen LogP contribution in [-0.4, -0.2) is 35.9 Å². The van der Waals surface area contributed by atoms with Crippen LogP contribution in [0.15, 0.2) is 67.4 Å². The van der Waals surface area contributed by atoms with Crippen molar-refractivity contribution in [1.82, 2.24) is 30.1 Å². The van der Waals surface area contributed by atoms with Crippen LogP contribution in [0.1, 0.15) is 16.6 Å². The van der Waals surface area contributed by atoms with Crippen molar-refractivity contribution in [2.75, 3.05) is 0 Å². The van der Waals surface area contributed by atoms with Crippen molar-refractivity contribution < 1.29 is 4.79 Å². The first-order valence-corrected chi connectivity index (χ1v) is 10.8. The zero-order valence-electron chi connectivity index (χ0n) is 17.0. The van der Waals surface area contributed by atoms with Gasteiger partial charge in [-0.05, 0) is 48.9 Å². The van der Waals surface area contributed by atoms with Gasteiger partial charge in [-0.3, -0.25) is 14.9 Å². The van der Waals surface area contributed by atoms with Gasteiger partial charge in [0, 0.05) is 40.4 Å². The van der Waals surface area contributed by atoms with Gasteiger partial charge < -0.3 is 4.98 Å². The standard InChI is InChI=1S/C24H16N6OS/c1-13(31)21-4-5-22(32-21)24-17-9-20(28-18(17)6-7-27-24)23-16-8-14(2-3-19(16)29-30-23)15-10-25-12-26-11-15/h2-12,28H,1H3,(H,29,30). The lowest BCUT2D eigenvalue weighted by atomic mass is 10.0. The number of Topliss-reactive ketones (excluding diaryl/α,β-unsaturated/α-hetero) is 1. The molecule has 2 N–H and O–H groups in total. The molecule has 8 heteroatoms. The lowest BCUT2D eigenvalue weighted by molar-refractivity contribution is 0.102. The van der Waals surface area contributed by atoms with Gasteiger partial charge in [0.1, 0.15) is 12.0 Å². The quantitative estimate of drug-likeness (QED) is 0.356. The molecule has 0 saturated carbocycles. The van der Waals surface area contributed by atoms with E-state index >= 15 is 0 Å². The van der Waals surface area contributed by atoms with E-state index in [0.717, 1.165) is 59.8 Å². The molecule has 0 aliphatic carbocycles. The third-order valence-electron chi connectivity index (χ3n) is 5.45. The van der Waals surface area contributed by atoms with Gasteiger partial charge in [0.2, 0.25) is 0 Å². The van der Waals surface area contributed by atoms with Gasteiger partial charge in [-0.25, -0.2) is 9.97 Å². The first-order chi connectivity index (χ1) is 15.7. The van der Waals surface area contributed by atoms with Crippen LogP contribution in [0, 0.1) is 0 Å². The summed E-state index contributed by atoms with van der Waals surface area (Å²) in [4.78, 5) is 29.7. The number of aromatic amines is 2. The summed E-state index contributed by atoms with van der Waals surface area (Å²) >= 11 is 1.46. The molecule has 6 aromatic rings. The van der Waals surface area contributed by atoms with Crippen LogP contribution in [0.5, 0.6) is 0 Å². The zero-order chi connectivity index (χ0) is 21.7. The Morgan fingerprint density at radius 2 is 1.75 bits per heavy atom. The topological polar surface area (TPSA) is 100 Å². The summed E-state index contributed by atoms with van der Waals surface area (Å²) in [5.74, 6) is 0.0609. The molecule has 0 saturated heterocycles. The molecule has 5 heterocycles. The minimum absolute atomic E-state index is 0.0609. The molecule has 1 aromatic carbocycles. The highest BCUT2D eigenvalue weighted by Gasteiger charge is 2.16. The summed E-state index contributed by atoms with van der Waals surface area (Å²) in [5, 5.41) is 9.69. The molecular formula is C24H16N6OS. The maximum Gasteiger partial charge on any atom is 0.169 e. The summed E-state index contributed by atoms with van der Waals surface area (Å²) in [7, 11) is 0. The number of carbonyl (C=O) groups is 1. The average molecular weight is 437 g/mol. The number of thiophene rings is 1. The predicted octanol–water partition coefficient (Wildman–Crippen LogP) is 5.49. The van der Waals surface area contributed by atoms with E-state index in [9.17, 15) is 4.79 Å². The summed E-state index contributed by atoms with van der Waals surface area (Å²) in [6, 6.07) is 14.0. The number of pyridine rings is 1. The molecular weight excluding hydrogens is 420 g/mol. The SMILES string of the molecule is CC(=O)c1ccc(-c2nccc3[nH]c(-c4n[nH]c5ccc(-c6cncnc6)cc45)cc23)s1. The number of H-pyrrole nitrogens is 2. The molecule has 0 unspecified atom stereocenters. The van der Waals surface area contributed by atoms with Crippen molar-refractivity contribution in [3.05, 3.63) is 72.3 Å². The Bertz CT molecular complexity index is 1610. The Morgan fingerprint density at radius 1 is 0.906 bits per heavy atom. The van der Waals surface area contributed by atoms with E-state index < -0.39 is 0 Å². The van der Waals surface area contributed by atoms with Crippen molar-refractivity contribution in [2.24, 2.45) is 0 Å². The largest absolute Gasteiger partial charge is 0.353 e. The molecule has 5 aromatic heterocycles. The van der Waals surface area contributed by atoms with Crippen molar-refractivity contribution in [3.63, 3.8) is 0 Å². The third-order valence-corrected chi connectivity index (χ3v) is 6.64. The van der Waals surface area contributed by atoms with E-state index in [1.54, 1.807) is 25.5 Å². The van der Waals surface area contributed by atoms with Crippen LogP contribution < -0.4 is 0 Å². The fourth-order valence-corrected chi connectivity index (χ4v) is 4.79. The van der Waals surface area contributed by atoms with Gasteiger partial charge in [0.15, 0.2) is 5.78 Å². The van der Waals surface area contributed by atoms with Gasteiger partial charge >= 0.3 is 0 Å². The summed E-state index contributed by atoms with van der Waals surface area (Å²) < 4.78 is 0. The molecule has 0 fully saturated rings. The molecule has 0 amide bonds. The Labute approximate surface area is 186 Å². The first-order valence-electron chi connectivity index (χ1n) is 10.00. The number of hydrogen-bond acceptors (Lipinski definition) is 6. The minimum Gasteiger partial charge on any atom is -0.353 e. The van der Waals surface area contributed by atoms with Crippen LogP contribution in [0.3, 0.4) is 0 Å². The number of nitrogens with zero attached hydrogens (tertiary/aromatic N) is 4. The Hall–Kier alpha value is -4.17. The molecule has 0 aliphatic rings. The number of hydrogen-bond donors (Lipinski definition) is 2. The number of carbonyl (C=O) groups excluding carboxylic acids is 1. The number of aromatic nitrogens is 6. The van der Waals surface area contributed by atoms with Gasteiger partial charge in [-0.1, -0.05) is 6.07 Å². The molecule has 0 atom stereocenters. The van der Waals surface area contributed by atoms with Crippen LogP contribution >= 0.6 is 11.3 Å². The number of fused-ring (bicyclic) bond motifs is 2. The molecule has 0 bridgehead atoms. The van der Waals surface area contributed by atoms with Gasteiger partial charge in [-0.2, -0.15) is 5.10 Å². The second kappa shape index (κ2) is 7.21. The molecule has 154 valence electrons. The fraction of sp³-hybridized carbons (Fsp3) is 0.0417. The number of nitrogens with one attached hydrogen (secondary N) is 2. The van der Waals surface area contributed by atoms with Crippen molar-refractivity contribution >= 4 is 38.9 Å². The smallest absolute Gasteiger partial charge is 0.169 e. The predicted molar refractivity (Wildman–Crippen MR) is 126 cm³/mol. The van der Waals surface area contributed by atoms with Crippen LogP contribution in [0.25, 0.3) is 54.9 Å². The van der Waals surface area contributed by atoms with E-state index in [-0.39, 0.29) is 5.78 Å². The average Bonchev–Trinajstić information content (AvgIpc) is 3.56. The van der Waals surface area contributed by atoms with Crippen molar-refractivity contribution in [1.29, 1.82) is 0 Å². The van der Waals surface area contributed by atoms with Gasteiger partial charge in [0.05, 0.1) is 26.7 Å². The van der Waals surface area contributed by atoms with Crippen molar-refractivity contribution in [2.45, 2.75) is 6.92 Å². The third kappa shape index (κ3) is 3.00. The molecule has 32 heavy (non-hydrogen) atoms. The zero-order valence-corrected chi connectivity index (χ0v) is 17.8. The first kappa shape index (κ1) is 18.6. The Balaban J connectivity index is 1.49. The molecule has 6 rings (SSSR count). The summed E-state index contributed by atoms with van der Waals surface area (Å²) in [6.07, 6.45) is 6.89. The second-order valence-electron chi connectivity index (χ2n) is 7.48. The Morgan fingerprint density at radius 3 is 2.56 bits per heavy atom. The number of benzene rings is 1. The molecule has 0 spiro atoms. The van der Waals surface area contributed by atoms with Crippen LogP contribution in [0.2, 0.25) is 0 Å².